The summed E-state index contributed by atoms with van der Waals surface area (Å²) < 4.78 is 26.3. The number of hydrogen-bond acceptors (Lipinski definition) is 4. The van der Waals surface area contributed by atoms with E-state index in [0.717, 1.165) is 36.2 Å². The number of amides is 1. The number of carbonyl (C=O) groups excluding carboxylic acids is 1. The van der Waals surface area contributed by atoms with E-state index in [1.54, 1.807) is 0 Å². The second-order valence-corrected chi connectivity index (χ2v) is 10.8. The minimum absolute atomic E-state index is 0.122. The number of likely N-dealkylation sites (N-methyl/N-ethyl adjacent to an activating group) is 1. The Morgan fingerprint density at radius 2 is 1.72 bits per heavy atom. The summed E-state index contributed by atoms with van der Waals surface area (Å²) in [5.74, 6) is 0.581. The van der Waals surface area contributed by atoms with Crippen LogP contribution in [0.5, 0.6) is 0 Å². The highest BCUT2D eigenvalue weighted by Gasteiger charge is 2.26. The fraction of sp³-hybridized carbons (Fsp3) is 0.667. The number of carbonyl (C=O) groups is 1. The molecule has 0 radical (unpaired) electrons. The van der Waals surface area contributed by atoms with E-state index < -0.39 is 10.0 Å². The fourth-order valence-electron chi connectivity index (χ4n) is 4.34. The van der Waals surface area contributed by atoms with Gasteiger partial charge in [-0.25, -0.2) is 8.42 Å². The number of benzene rings is 1. The van der Waals surface area contributed by atoms with Crippen molar-refractivity contribution in [3.63, 3.8) is 0 Å². The van der Waals surface area contributed by atoms with Gasteiger partial charge in [0.15, 0.2) is 0 Å². The Hall–Kier alpha value is -1.15. The Balaban J connectivity index is 1.43. The van der Waals surface area contributed by atoms with Gasteiger partial charge in [0.1, 0.15) is 0 Å². The van der Waals surface area contributed by atoms with Gasteiger partial charge in [-0.3, -0.25) is 4.79 Å². The summed E-state index contributed by atoms with van der Waals surface area (Å²) in [6, 6.07) is 6.09. The average molecular weight is 442 g/mol. The predicted molar refractivity (Wildman–Crippen MR) is 115 cm³/mol. The summed E-state index contributed by atoms with van der Waals surface area (Å²) in [7, 11) is -2.28. The van der Waals surface area contributed by atoms with Gasteiger partial charge in [0.05, 0.1) is 11.4 Å². The molecule has 2 aliphatic rings. The van der Waals surface area contributed by atoms with Gasteiger partial charge in [0.25, 0.3) is 0 Å². The summed E-state index contributed by atoms with van der Waals surface area (Å²) in [6.07, 6.45) is 8.66. The van der Waals surface area contributed by atoms with E-state index in [2.05, 4.69) is 10.2 Å². The molecule has 0 unspecified atom stereocenters. The van der Waals surface area contributed by atoms with Gasteiger partial charge in [0, 0.05) is 37.7 Å². The van der Waals surface area contributed by atoms with Crippen molar-refractivity contribution in [2.45, 2.75) is 55.9 Å². The lowest BCUT2D eigenvalue weighted by atomic mass is 9.88. The molecule has 1 saturated carbocycles. The Labute approximate surface area is 179 Å². The van der Waals surface area contributed by atoms with Crippen LogP contribution in [0.3, 0.4) is 0 Å². The molecule has 2 fully saturated rings. The van der Waals surface area contributed by atoms with Crippen molar-refractivity contribution in [2.75, 3.05) is 33.2 Å². The molecular formula is C21H32ClN3O3S. The summed E-state index contributed by atoms with van der Waals surface area (Å²) in [6.45, 7) is 3.00. The van der Waals surface area contributed by atoms with Crippen molar-refractivity contribution in [3.8, 4) is 0 Å². The minimum Gasteiger partial charge on any atom is -0.352 e. The van der Waals surface area contributed by atoms with Crippen molar-refractivity contribution in [1.29, 1.82) is 0 Å². The van der Waals surface area contributed by atoms with E-state index in [1.165, 1.54) is 70.0 Å². The van der Waals surface area contributed by atoms with Crippen LogP contribution in [0.1, 0.15) is 44.9 Å². The molecule has 0 atom stereocenters. The van der Waals surface area contributed by atoms with Crippen LogP contribution >= 0.6 is 11.6 Å². The number of piperidine rings is 1. The maximum Gasteiger partial charge on any atom is 0.243 e. The first-order valence-electron chi connectivity index (χ1n) is 10.6. The monoisotopic (exact) mass is 441 g/mol. The van der Waals surface area contributed by atoms with E-state index >= 15 is 0 Å². The third kappa shape index (κ3) is 6.41. The lowest BCUT2D eigenvalue weighted by molar-refractivity contribution is -0.122. The first-order chi connectivity index (χ1) is 13.8. The van der Waals surface area contributed by atoms with E-state index in [1.807, 2.05) is 0 Å². The van der Waals surface area contributed by atoms with Gasteiger partial charge in [-0.05, 0) is 55.9 Å². The molecule has 1 saturated heterocycles. The molecule has 0 aromatic heterocycles. The molecule has 3 rings (SSSR count). The number of sulfonamides is 1. The van der Waals surface area contributed by atoms with Gasteiger partial charge in [-0.1, -0.05) is 30.9 Å². The lowest BCUT2D eigenvalue weighted by Crippen LogP contribution is -2.48. The van der Waals surface area contributed by atoms with Gasteiger partial charge >= 0.3 is 0 Å². The summed E-state index contributed by atoms with van der Waals surface area (Å²) in [4.78, 5) is 15.1. The molecule has 6 nitrogen and oxygen atoms in total. The molecule has 29 heavy (non-hydrogen) atoms. The first kappa shape index (κ1) is 22.5. The first-order valence-corrected chi connectivity index (χ1v) is 12.4. The van der Waals surface area contributed by atoms with Crippen LogP contribution in [0.15, 0.2) is 29.2 Å². The lowest BCUT2D eigenvalue weighted by Gasteiger charge is -2.35. The normalized spacial score (nSPS) is 20.1. The van der Waals surface area contributed by atoms with Crippen LogP contribution in [-0.4, -0.2) is 62.8 Å². The number of halogens is 1. The Morgan fingerprint density at radius 3 is 2.34 bits per heavy atom. The van der Waals surface area contributed by atoms with Crippen molar-refractivity contribution in [1.82, 2.24) is 14.5 Å². The van der Waals surface area contributed by atoms with Gasteiger partial charge in [0.2, 0.25) is 15.9 Å². The van der Waals surface area contributed by atoms with Crippen LogP contribution in [0.4, 0.5) is 0 Å². The number of nitrogens with one attached hydrogen (secondary N) is 1. The molecule has 1 amide bonds. The molecular weight excluding hydrogens is 410 g/mol. The molecule has 1 aromatic rings. The molecule has 1 aliphatic carbocycles. The SMILES string of the molecule is CN(CC(=O)NC1CCN(CC2CCCCC2)CC1)S(=O)(=O)c1ccc(Cl)cc1. The second-order valence-electron chi connectivity index (χ2n) is 8.36. The third-order valence-corrected chi connectivity index (χ3v) is 8.15. The second kappa shape index (κ2) is 10.2. The highest BCUT2D eigenvalue weighted by molar-refractivity contribution is 7.89. The molecule has 1 aromatic carbocycles. The van der Waals surface area contributed by atoms with E-state index in [0.29, 0.717) is 5.02 Å². The zero-order valence-electron chi connectivity index (χ0n) is 17.1. The van der Waals surface area contributed by atoms with Crippen LogP contribution in [-0.2, 0) is 14.8 Å². The summed E-state index contributed by atoms with van der Waals surface area (Å²) in [5.41, 5.74) is 0. The number of rotatable bonds is 7. The zero-order valence-corrected chi connectivity index (χ0v) is 18.7. The van der Waals surface area contributed by atoms with E-state index in [4.69, 9.17) is 11.6 Å². The predicted octanol–water partition coefficient (Wildman–Crippen LogP) is 3.12. The van der Waals surface area contributed by atoms with Crippen molar-refractivity contribution >= 4 is 27.5 Å². The van der Waals surface area contributed by atoms with Crippen LogP contribution in [0, 0.1) is 5.92 Å². The maximum absolute atomic E-state index is 12.6. The molecule has 1 heterocycles. The van der Waals surface area contributed by atoms with E-state index in [-0.39, 0.29) is 23.4 Å². The molecule has 1 N–H and O–H groups in total. The van der Waals surface area contributed by atoms with Crippen LogP contribution in [0.2, 0.25) is 5.02 Å². The molecule has 8 heteroatoms. The fourth-order valence-corrected chi connectivity index (χ4v) is 5.59. The summed E-state index contributed by atoms with van der Waals surface area (Å²) >= 11 is 5.82. The summed E-state index contributed by atoms with van der Waals surface area (Å²) in [5, 5.41) is 3.49. The van der Waals surface area contributed by atoms with Crippen LogP contribution < -0.4 is 5.32 Å². The number of likely N-dealkylation sites (tertiary alicyclic amines) is 1. The van der Waals surface area contributed by atoms with Crippen molar-refractivity contribution in [3.05, 3.63) is 29.3 Å². The Bertz CT molecular complexity index is 771. The highest BCUT2D eigenvalue weighted by Crippen LogP contribution is 2.25. The van der Waals surface area contributed by atoms with Crippen LogP contribution in [0.25, 0.3) is 0 Å². The maximum atomic E-state index is 12.6. The quantitative estimate of drug-likeness (QED) is 0.705. The van der Waals surface area contributed by atoms with Crippen molar-refractivity contribution in [2.24, 2.45) is 5.92 Å². The van der Waals surface area contributed by atoms with Gasteiger partial charge in [-0.15, -0.1) is 0 Å². The highest BCUT2D eigenvalue weighted by atomic mass is 35.5. The number of hydrogen-bond donors (Lipinski definition) is 1. The minimum atomic E-state index is -3.71. The number of nitrogens with zero attached hydrogens (tertiary/aromatic N) is 2. The van der Waals surface area contributed by atoms with Gasteiger partial charge < -0.3 is 10.2 Å². The molecule has 1 aliphatic heterocycles. The molecule has 0 bridgehead atoms. The Morgan fingerprint density at radius 1 is 1.10 bits per heavy atom. The van der Waals surface area contributed by atoms with Crippen molar-refractivity contribution < 1.29 is 13.2 Å². The Kier molecular flexibility index (Phi) is 7.96. The zero-order chi connectivity index (χ0) is 20.9. The van der Waals surface area contributed by atoms with Gasteiger partial charge in [-0.2, -0.15) is 4.31 Å². The topological polar surface area (TPSA) is 69.7 Å². The molecule has 0 spiro atoms. The smallest absolute Gasteiger partial charge is 0.243 e. The standard InChI is InChI=1S/C21H32ClN3O3S/c1-24(29(27,28)20-9-7-18(22)8-10-20)16-21(26)23-19-11-13-25(14-12-19)15-17-5-3-2-4-6-17/h7-10,17,19H,2-6,11-16H2,1H3,(H,23,26). The third-order valence-electron chi connectivity index (χ3n) is 6.08. The van der Waals surface area contributed by atoms with E-state index in [9.17, 15) is 13.2 Å². The molecule has 162 valence electrons. The largest absolute Gasteiger partial charge is 0.352 e. The average Bonchev–Trinajstić information content (AvgIpc) is 2.70.